The van der Waals surface area contributed by atoms with E-state index in [1.54, 1.807) is 85.4 Å². The van der Waals surface area contributed by atoms with E-state index >= 15 is 0 Å². The first-order valence-electron chi connectivity index (χ1n) is 12.9. The second kappa shape index (κ2) is 9.39. The van der Waals surface area contributed by atoms with Crippen molar-refractivity contribution in [1.82, 2.24) is 14.1 Å². The number of hydrogen-bond donors (Lipinski definition) is 0. The van der Waals surface area contributed by atoms with E-state index in [1.807, 2.05) is 0 Å². The first kappa shape index (κ1) is 28.1. The molecule has 0 radical (unpaired) electrons. The third-order valence-corrected chi connectivity index (χ3v) is 5.68. The number of benzene rings is 1. The van der Waals surface area contributed by atoms with Crippen LogP contribution in [0.15, 0.2) is 23.0 Å². The van der Waals surface area contributed by atoms with Crippen LogP contribution in [0.1, 0.15) is 75.2 Å². The molecule has 1 saturated heterocycles. The number of amides is 1. The van der Waals surface area contributed by atoms with Gasteiger partial charge in [0.2, 0.25) is 5.91 Å². The summed E-state index contributed by atoms with van der Waals surface area (Å²) in [5.41, 5.74) is -2.59. The molecule has 3 heterocycles. The Morgan fingerprint density at radius 3 is 1.95 bits per heavy atom. The van der Waals surface area contributed by atoms with Crippen molar-refractivity contribution in [2.75, 3.05) is 11.4 Å². The molecule has 39 heavy (non-hydrogen) atoms. The SMILES string of the molecule is CC(C)(C)OC(=O)n1c(OC(C)(C)C)nc(=O)c2c3ccc(N4CCCC4=O)cc3n(C(=O)OC(C)(C)C)c21. The zero-order chi connectivity index (χ0) is 29.1. The van der Waals surface area contributed by atoms with E-state index in [2.05, 4.69) is 4.98 Å². The predicted molar refractivity (Wildman–Crippen MR) is 147 cm³/mol. The molecule has 1 amide bonds. The molecular formula is C28H36N4O7. The van der Waals surface area contributed by atoms with Crippen LogP contribution in [0.25, 0.3) is 21.9 Å². The maximum atomic E-state index is 13.7. The second-order valence-electron chi connectivity index (χ2n) is 12.6. The van der Waals surface area contributed by atoms with Crippen LogP contribution >= 0.6 is 0 Å². The number of anilines is 1. The van der Waals surface area contributed by atoms with Crippen LogP contribution in [0.5, 0.6) is 6.01 Å². The fourth-order valence-corrected chi connectivity index (χ4v) is 4.36. The minimum Gasteiger partial charge on any atom is -0.458 e. The molecule has 3 aromatic rings. The maximum absolute atomic E-state index is 13.7. The molecule has 0 aliphatic carbocycles. The van der Waals surface area contributed by atoms with Gasteiger partial charge in [0, 0.05) is 24.0 Å². The molecule has 1 aliphatic heterocycles. The van der Waals surface area contributed by atoms with E-state index in [0.29, 0.717) is 30.5 Å². The topological polar surface area (TPSA) is 122 Å². The highest BCUT2D eigenvalue weighted by molar-refractivity contribution is 6.14. The van der Waals surface area contributed by atoms with E-state index < -0.39 is 34.5 Å². The van der Waals surface area contributed by atoms with Gasteiger partial charge in [-0.1, -0.05) is 0 Å². The van der Waals surface area contributed by atoms with Crippen molar-refractivity contribution in [2.45, 2.75) is 92.0 Å². The van der Waals surface area contributed by atoms with Crippen molar-refractivity contribution in [1.29, 1.82) is 0 Å². The van der Waals surface area contributed by atoms with Gasteiger partial charge in [0.25, 0.3) is 5.56 Å². The average molecular weight is 541 g/mol. The summed E-state index contributed by atoms with van der Waals surface area (Å²) in [5.74, 6) is -0.0369. The molecule has 0 atom stereocenters. The van der Waals surface area contributed by atoms with Crippen molar-refractivity contribution in [2.24, 2.45) is 0 Å². The van der Waals surface area contributed by atoms with Gasteiger partial charge in [-0.25, -0.2) is 14.2 Å². The summed E-state index contributed by atoms with van der Waals surface area (Å²) in [6.07, 6.45) is -0.570. The molecule has 1 fully saturated rings. The lowest BCUT2D eigenvalue weighted by molar-refractivity contribution is -0.117. The summed E-state index contributed by atoms with van der Waals surface area (Å²) in [6, 6.07) is 4.68. The second-order valence-corrected chi connectivity index (χ2v) is 12.6. The first-order valence-corrected chi connectivity index (χ1v) is 12.9. The summed E-state index contributed by atoms with van der Waals surface area (Å²) in [5, 5.41) is 0.380. The fraction of sp³-hybridized carbons (Fsp3) is 0.536. The number of ether oxygens (including phenoxy) is 3. The minimum atomic E-state index is -0.905. The third-order valence-electron chi connectivity index (χ3n) is 5.68. The lowest BCUT2D eigenvalue weighted by atomic mass is 10.2. The smallest absolute Gasteiger partial charge is 0.424 e. The van der Waals surface area contributed by atoms with Crippen LogP contribution in [-0.4, -0.2) is 55.6 Å². The Morgan fingerprint density at radius 2 is 1.44 bits per heavy atom. The van der Waals surface area contributed by atoms with Crippen LogP contribution in [0.2, 0.25) is 0 Å². The number of hydrogen-bond acceptors (Lipinski definition) is 8. The zero-order valence-corrected chi connectivity index (χ0v) is 24.0. The summed E-state index contributed by atoms with van der Waals surface area (Å²) in [4.78, 5) is 59.1. The normalized spacial score (nSPS) is 14.8. The van der Waals surface area contributed by atoms with Crippen LogP contribution in [0.3, 0.4) is 0 Å². The Hall–Kier alpha value is -3.89. The van der Waals surface area contributed by atoms with Gasteiger partial charge in [-0.3, -0.25) is 9.59 Å². The van der Waals surface area contributed by atoms with Gasteiger partial charge in [0.15, 0.2) is 5.65 Å². The molecular weight excluding hydrogens is 504 g/mol. The van der Waals surface area contributed by atoms with E-state index in [9.17, 15) is 19.2 Å². The Morgan fingerprint density at radius 1 is 0.846 bits per heavy atom. The number of fused-ring (bicyclic) bond motifs is 3. The molecule has 4 rings (SSSR count). The van der Waals surface area contributed by atoms with Gasteiger partial charge < -0.3 is 19.1 Å². The number of nitrogens with zero attached hydrogens (tertiary/aromatic N) is 4. The molecule has 0 unspecified atom stereocenters. The van der Waals surface area contributed by atoms with E-state index in [1.165, 1.54) is 0 Å². The minimum absolute atomic E-state index is 0.0160. The highest BCUT2D eigenvalue weighted by Gasteiger charge is 2.33. The van der Waals surface area contributed by atoms with Gasteiger partial charge in [0.1, 0.15) is 16.8 Å². The van der Waals surface area contributed by atoms with Crippen LogP contribution in [0, 0.1) is 0 Å². The lowest BCUT2D eigenvalue weighted by Crippen LogP contribution is -2.34. The number of carbonyl (C=O) groups is 3. The van der Waals surface area contributed by atoms with Gasteiger partial charge in [-0.2, -0.15) is 9.55 Å². The molecule has 11 nitrogen and oxygen atoms in total. The summed E-state index contributed by atoms with van der Waals surface area (Å²) in [7, 11) is 0. The Labute approximate surface area is 226 Å². The van der Waals surface area contributed by atoms with Crippen molar-refractivity contribution < 1.29 is 28.6 Å². The average Bonchev–Trinajstić information content (AvgIpc) is 3.30. The molecule has 11 heteroatoms. The molecule has 210 valence electrons. The molecule has 0 spiro atoms. The van der Waals surface area contributed by atoms with Crippen molar-refractivity contribution in [3.8, 4) is 6.01 Å². The molecule has 0 N–H and O–H groups in total. The lowest BCUT2D eigenvalue weighted by Gasteiger charge is -2.25. The van der Waals surface area contributed by atoms with Crippen LogP contribution in [0.4, 0.5) is 15.3 Å². The quantitative estimate of drug-likeness (QED) is 0.434. The predicted octanol–water partition coefficient (Wildman–Crippen LogP) is 5.22. The summed E-state index contributed by atoms with van der Waals surface area (Å²) >= 11 is 0. The highest BCUT2D eigenvalue weighted by Crippen LogP contribution is 2.34. The van der Waals surface area contributed by atoms with Crippen molar-refractivity contribution in [3.63, 3.8) is 0 Å². The van der Waals surface area contributed by atoms with Gasteiger partial charge in [0.05, 0.1) is 10.9 Å². The Bertz CT molecular complexity index is 1550. The van der Waals surface area contributed by atoms with Crippen LogP contribution in [-0.2, 0) is 14.3 Å². The molecule has 0 saturated carbocycles. The Balaban J connectivity index is 2.15. The van der Waals surface area contributed by atoms with Gasteiger partial charge in [-0.05, 0) is 86.9 Å². The van der Waals surface area contributed by atoms with E-state index in [-0.39, 0.29) is 28.5 Å². The first-order chi connectivity index (χ1) is 17.9. The standard InChI is InChI=1S/C28H36N4O7/c1-26(2,3)37-23-29-21(34)20-17-13-12-16(30-14-10-11-19(30)33)15-18(17)31(24(35)38-27(4,5)6)22(20)32(23)25(36)39-28(7,8)9/h12-13,15H,10-11,14H2,1-9H3. The van der Waals surface area contributed by atoms with Crippen molar-refractivity contribution >= 4 is 45.7 Å². The Kier molecular flexibility index (Phi) is 6.77. The van der Waals surface area contributed by atoms with E-state index in [0.717, 1.165) is 9.13 Å². The maximum Gasteiger partial charge on any atom is 0.424 e. The van der Waals surface area contributed by atoms with Gasteiger partial charge >= 0.3 is 18.2 Å². The molecule has 1 aromatic carbocycles. The molecule has 0 bridgehead atoms. The number of rotatable bonds is 2. The zero-order valence-electron chi connectivity index (χ0n) is 24.0. The monoisotopic (exact) mass is 540 g/mol. The van der Waals surface area contributed by atoms with E-state index in [4.69, 9.17) is 14.2 Å². The summed E-state index contributed by atoms with van der Waals surface area (Å²) in [6.45, 7) is 16.0. The summed E-state index contributed by atoms with van der Waals surface area (Å²) < 4.78 is 19.5. The van der Waals surface area contributed by atoms with Gasteiger partial charge in [-0.15, -0.1) is 0 Å². The highest BCUT2D eigenvalue weighted by atomic mass is 16.6. The van der Waals surface area contributed by atoms with Crippen molar-refractivity contribution in [3.05, 3.63) is 28.6 Å². The number of carbonyl (C=O) groups excluding carboxylic acids is 3. The van der Waals surface area contributed by atoms with Crippen LogP contribution < -0.4 is 15.2 Å². The largest absolute Gasteiger partial charge is 0.458 e. The third kappa shape index (κ3) is 5.76. The molecule has 2 aromatic heterocycles. The molecule has 1 aliphatic rings. The fourth-order valence-electron chi connectivity index (χ4n) is 4.36. The number of aromatic nitrogens is 3.